The van der Waals surface area contributed by atoms with Crippen molar-refractivity contribution in [3.05, 3.63) is 101 Å². The van der Waals surface area contributed by atoms with Crippen molar-refractivity contribution >= 4 is 35.1 Å². The third kappa shape index (κ3) is 6.68. The Bertz CT molecular complexity index is 930. The number of thiocarbonyl (C=S) groups is 1. The number of nitrogens with one attached hydrogen (secondary N) is 2. The van der Waals surface area contributed by atoms with Gasteiger partial charge in [-0.25, -0.2) is 0 Å². The molecule has 3 aromatic rings. The Balaban J connectivity index is 1.46. The fourth-order valence-electron chi connectivity index (χ4n) is 2.42. The summed E-state index contributed by atoms with van der Waals surface area (Å²) in [4.78, 5) is 0. The van der Waals surface area contributed by atoms with Crippen molar-refractivity contribution < 1.29 is 4.74 Å². The Morgan fingerprint density at radius 1 is 0.964 bits per heavy atom. The third-order valence-electron chi connectivity index (χ3n) is 3.85. The van der Waals surface area contributed by atoms with Gasteiger partial charge in [-0.2, -0.15) is 5.10 Å². The van der Waals surface area contributed by atoms with Crippen LogP contribution in [-0.2, 0) is 13.2 Å². The molecule has 2 N–H and O–H groups in total. The fourth-order valence-corrected chi connectivity index (χ4v) is 2.67. The number of rotatable bonds is 7. The Hall–Kier alpha value is -2.89. The van der Waals surface area contributed by atoms with Gasteiger partial charge >= 0.3 is 0 Å². The molecule has 0 heterocycles. The predicted octanol–water partition coefficient (Wildman–Crippen LogP) is 4.92. The van der Waals surface area contributed by atoms with E-state index in [1.54, 1.807) is 6.21 Å². The van der Waals surface area contributed by atoms with Crippen LogP contribution in [0.15, 0.2) is 84.0 Å². The second-order valence-electron chi connectivity index (χ2n) is 6.03. The van der Waals surface area contributed by atoms with E-state index in [0.29, 0.717) is 23.3 Å². The van der Waals surface area contributed by atoms with E-state index < -0.39 is 0 Å². The van der Waals surface area contributed by atoms with E-state index in [2.05, 4.69) is 15.8 Å². The SMILES string of the molecule is S=C(NCc1ccccc1)N/N=C\c1cccc(OCc2ccc(Cl)cc2)c1. The van der Waals surface area contributed by atoms with Crippen LogP contribution in [0, 0.1) is 0 Å². The number of hydrogen-bond acceptors (Lipinski definition) is 3. The molecule has 6 heteroatoms. The summed E-state index contributed by atoms with van der Waals surface area (Å²) in [7, 11) is 0. The predicted molar refractivity (Wildman–Crippen MR) is 119 cm³/mol. The maximum Gasteiger partial charge on any atom is 0.187 e. The van der Waals surface area contributed by atoms with Gasteiger partial charge in [-0.15, -0.1) is 0 Å². The molecule has 0 fully saturated rings. The van der Waals surface area contributed by atoms with Crippen molar-refractivity contribution in [2.75, 3.05) is 0 Å². The van der Waals surface area contributed by atoms with Gasteiger partial charge in [0.2, 0.25) is 0 Å². The molecular formula is C22H20ClN3OS. The monoisotopic (exact) mass is 409 g/mol. The molecule has 0 amide bonds. The summed E-state index contributed by atoms with van der Waals surface area (Å²) in [6.07, 6.45) is 1.70. The van der Waals surface area contributed by atoms with Crippen LogP contribution in [0.2, 0.25) is 5.02 Å². The minimum atomic E-state index is 0.468. The minimum Gasteiger partial charge on any atom is -0.489 e. The summed E-state index contributed by atoms with van der Waals surface area (Å²) in [5, 5.41) is 8.47. The van der Waals surface area contributed by atoms with Gasteiger partial charge in [0, 0.05) is 11.6 Å². The Morgan fingerprint density at radius 2 is 1.75 bits per heavy atom. The highest BCUT2D eigenvalue weighted by molar-refractivity contribution is 7.80. The lowest BCUT2D eigenvalue weighted by molar-refractivity contribution is 0.306. The van der Waals surface area contributed by atoms with Crippen LogP contribution in [0.4, 0.5) is 0 Å². The van der Waals surface area contributed by atoms with E-state index >= 15 is 0 Å². The van der Waals surface area contributed by atoms with Gasteiger partial charge < -0.3 is 10.1 Å². The van der Waals surface area contributed by atoms with Gasteiger partial charge in [0.1, 0.15) is 12.4 Å². The number of benzene rings is 3. The Morgan fingerprint density at radius 3 is 2.54 bits per heavy atom. The maximum atomic E-state index is 5.90. The van der Waals surface area contributed by atoms with E-state index in [9.17, 15) is 0 Å². The maximum absolute atomic E-state index is 5.90. The number of hydrazone groups is 1. The topological polar surface area (TPSA) is 45.7 Å². The number of ether oxygens (including phenoxy) is 1. The average Bonchev–Trinajstić information content (AvgIpc) is 2.73. The van der Waals surface area contributed by atoms with Gasteiger partial charge in [0.25, 0.3) is 0 Å². The molecule has 3 aromatic carbocycles. The Labute approximate surface area is 175 Å². The number of halogens is 1. The van der Waals surface area contributed by atoms with Crippen LogP contribution in [0.5, 0.6) is 5.75 Å². The van der Waals surface area contributed by atoms with E-state index in [4.69, 9.17) is 28.6 Å². The van der Waals surface area contributed by atoms with Crippen LogP contribution >= 0.6 is 23.8 Å². The quantitative estimate of drug-likeness (QED) is 0.330. The molecule has 0 radical (unpaired) electrons. The summed E-state index contributed by atoms with van der Waals surface area (Å²) >= 11 is 11.1. The molecule has 0 atom stereocenters. The summed E-state index contributed by atoms with van der Waals surface area (Å²) in [5.41, 5.74) is 5.94. The van der Waals surface area contributed by atoms with E-state index in [-0.39, 0.29) is 0 Å². The molecule has 0 aliphatic carbocycles. The smallest absolute Gasteiger partial charge is 0.187 e. The number of hydrogen-bond donors (Lipinski definition) is 2. The summed E-state index contributed by atoms with van der Waals surface area (Å²) in [6, 6.07) is 25.3. The van der Waals surface area contributed by atoms with Gasteiger partial charge in [-0.1, -0.05) is 66.2 Å². The molecule has 0 spiro atoms. The van der Waals surface area contributed by atoms with Gasteiger partial charge in [-0.05, 0) is 53.2 Å². The molecular weight excluding hydrogens is 390 g/mol. The van der Waals surface area contributed by atoms with E-state index in [0.717, 1.165) is 22.4 Å². The van der Waals surface area contributed by atoms with Crippen molar-refractivity contribution in [3.63, 3.8) is 0 Å². The molecule has 142 valence electrons. The molecule has 3 rings (SSSR count). The number of nitrogens with zero attached hydrogens (tertiary/aromatic N) is 1. The second-order valence-corrected chi connectivity index (χ2v) is 6.87. The first-order valence-electron chi connectivity index (χ1n) is 8.77. The minimum absolute atomic E-state index is 0.468. The first kappa shape index (κ1) is 19.9. The van der Waals surface area contributed by atoms with Crippen molar-refractivity contribution in [2.45, 2.75) is 13.2 Å². The second kappa shape index (κ2) is 10.4. The van der Waals surface area contributed by atoms with E-state index in [1.165, 1.54) is 0 Å². The summed E-state index contributed by atoms with van der Waals surface area (Å²) < 4.78 is 5.82. The molecule has 0 saturated carbocycles. The van der Waals surface area contributed by atoms with Crippen molar-refractivity contribution in [1.82, 2.24) is 10.7 Å². The first-order chi connectivity index (χ1) is 13.7. The first-order valence-corrected chi connectivity index (χ1v) is 9.56. The van der Waals surface area contributed by atoms with Crippen molar-refractivity contribution in [1.29, 1.82) is 0 Å². The highest BCUT2D eigenvalue weighted by Gasteiger charge is 1.98. The molecule has 0 aromatic heterocycles. The van der Waals surface area contributed by atoms with Crippen molar-refractivity contribution in [3.8, 4) is 5.75 Å². The molecule has 0 unspecified atom stereocenters. The van der Waals surface area contributed by atoms with Crippen LogP contribution in [0.1, 0.15) is 16.7 Å². The van der Waals surface area contributed by atoms with Crippen LogP contribution in [0.25, 0.3) is 0 Å². The van der Waals surface area contributed by atoms with Crippen LogP contribution in [-0.4, -0.2) is 11.3 Å². The normalized spacial score (nSPS) is 10.6. The van der Waals surface area contributed by atoms with Crippen LogP contribution < -0.4 is 15.5 Å². The molecule has 28 heavy (non-hydrogen) atoms. The van der Waals surface area contributed by atoms with Crippen molar-refractivity contribution in [2.24, 2.45) is 5.10 Å². The lowest BCUT2D eigenvalue weighted by atomic mass is 10.2. The fraction of sp³-hybridized carbons (Fsp3) is 0.0909. The zero-order valence-electron chi connectivity index (χ0n) is 15.1. The molecule has 0 bridgehead atoms. The molecule has 0 aliphatic heterocycles. The highest BCUT2D eigenvalue weighted by Crippen LogP contribution is 2.15. The lowest BCUT2D eigenvalue weighted by Crippen LogP contribution is -2.31. The molecule has 0 saturated heterocycles. The summed E-state index contributed by atoms with van der Waals surface area (Å²) in [5.74, 6) is 0.767. The van der Waals surface area contributed by atoms with Crippen LogP contribution in [0.3, 0.4) is 0 Å². The molecule has 4 nitrogen and oxygen atoms in total. The zero-order valence-corrected chi connectivity index (χ0v) is 16.7. The van der Waals surface area contributed by atoms with Gasteiger partial charge in [-0.3, -0.25) is 5.43 Å². The van der Waals surface area contributed by atoms with E-state index in [1.807, 2.05) is 78.9 Å². The molecule has 0 aliphatic rings. The standard InChI is InChI=1S/C22H20ClN3OS/c23-20-11-9-18(10-12-20)16-27-21-8-4-7-19(13-21)15-25-26-22(28)24-14-17-5-2-1-3-6-17/h1-13,15H,14,16H2,(H2,24,26,28)/b25-15-. The summed E-state index contributed by atoms with van der Waals surface area (Å²) in [6.45, 7) is 1.12. The highest BCUT2D eigenvalue weighted by atomic mass is 35.5. The van der Waals surface area contributed by atoms with Gasteiger partial charge in [0.05, 0.1) is 6.21 Å². The zero-order chi connectivity index (χ0) is 19.6. The average molecular weight is 410 g/mol. The largest absolute Gasteiger partial charge is 0.489 e. The lowest BCUT2D eigenvalue weighted by Gasteiger charge is -2.08. The Kier molecular flexibility index (Phi) is 7.41. The third-order valence-corrected chi connectivity index (χ3v) is 4.34. The van der Waals surface area contributed by atoms with Gasteiger partial charge in [0.15, 0.2) is 5.11 Å².